The number of aryl methyl sites for hydroxylation is 1. The third-order valence-corrected chi connectivity index (χ3v) is 4.26. The predicted molar refractivity (Wildman–Crippen MR) is 85.3 cm³/mol. The van der Waals surface area contributed by atoms with Crippen molar-refractivity contribution in [3.8, 4) is 0 Å². The lowest BCUT2D eigenvalue weighted by Gasteiger charge is -2.19. The number of hydrogen-bond acceptors (Lipinski definition) is 5. The highest BCUT2D eigenvalue weighted by molar-refractivity contribution is 7.13. The molecule has 0 saturated carbocycles. The van der Waals surface area contributed by atoms with Crippen molar-refractivity contribution in [1.82, 2.24) is 15.3 Å². The standard InChI is InChI=1S/C15H22N4S/c1-5-19(9-13-8-6-7-11(2)17-13)15-18-14(10-20-15)12(3)16-4/h6-8,10,12,16H,5,9H2,1-4H3. The Bertz CT molecular complexity index is 552. The van der Waals surface area contributed by atoms with Gasteiger partial charge in [-0.15, -0.1) is 11.3 Å². The Hall–Kier alpha value is -1.46. The van der Waals surface area contributed by atoms with Crippen LogP contribution in [0.3, 0.4) is 0 Å². The van der Waals surface area contributed by atoms with Crippen LogP contribution in [0.5, 0.6) is 0 Å². The fourth-order valence-corrected chi connectivity index (χ4v) is 2.95. The zero-order valence-corrected chi connectivity index (χ0v) is 13.4. The molecule has 1 atom stereocenters. The molecule has 1 unspecified atom stereocenters. The normalized spacial score (nSPS) is 12.4. The van der Waals surface area contributed by atoms with Crippen LogP contribution in [0.4, 0.5) is 5.13 Å². The summed E-state index contributed by atoms with van der Waals surface area (Å²) in [7, 11) is 1.96. The SMILES string of the molecule is CCN(Cc1cccc(C)n1)c1nc(C(C)NC)cs1. The number of aromatic nitrogens is 2. The van der Waals surface area contributed by atoms with E-state index in [0.717, 1.165) is 35.3 Å². The lowest BCUT2D eigenvalue weighted by molar-refractivity contribution is 0.635. The van der Waals surface area contributed by atoms with Gasteiger partial charge in [0.1, 0.15) is 0 Å². The van der Waals surface area contributed by atoms with E-state index in [2.05, 4.69) is 46.6 Å². The molecule has 0 aromatic carbocycles. The number of hydrogen-bond donors (Lipinski definition) is 1. The minimum atomic E-state index is 0.288. The summed E-state index contributed by atoms with van der Waals surface area (Å²) in [5.41, 5.74) is 3.25. The zero-order chi connectivity index (χ0) is 14.5. The second-order valence-electron chi connectivity index (χ2n) is 4.85. The molecule has 108 valence electrons. The van der Waals surface area contributed by atoms with E-state index in [1.165, 1.54) is 0 Å². The van der Waals surface area contributed by atoms with Crippen LogP contribution in [0.1, 0.15) is 37.0 Å². The summed E-state index contributed by atoms with van der Waals surface area (Å²) in [6, 6.07) is 6.44. The first kappa shape index (κ1) is 14.9. The first-order valence-electron chi connectivity index (χ1n) is 6.94. The summed E-state index contributed by atoms with van der Waals surface area (Å²) in [5, 5.41) is 6.41. The first-order valence-corrected chi connectivity index (χ1v) is 7.82. The molecule has 2 aromatic heterocycles. The maximum Gasteiger partial charge on any atom is 0.185 e. The van der Waals surface area contributed by atoms with Gasteiger partial charge in [0, 0.05) is 23.7 Å². The fourth-order valence-electron chi connectivity index (χ4n) is 1.97. The molecule has 2 rings (SSSR count). The lowest BCUT2D eigenvalue weighted by Crippen LogP contribution is -2.23. The van der Waals surface area contributed by atoms with Crippen molar-refractivity contribution in [3.05, 3.63) is 40.7 Å². The molecule has 0 bridgehead atoms. The van der Waals surface area contributed by atoms with Gasteiger partial charge in [-0.05, 0) is 40.0 Å². The maximum absolute atomic E-state index is 4.72. The summed E-state index contributed by atoms with van der Waals surface area (Å²) < 4.78 is 0. The minimum Gasteiger partial charge on any atom is -0.342 e. The van der Waals surface area contributed by atoms with Crippen LogP contribution in [0.25, 0.3) is 0 Å². The molecule has 0 aliphatic heterocycles. The van der Waals surface area contributed by atoms with Gasteiger partial charge in [-0.3, -0.25) is 4.98 Å². The number of pyridine rings is 1. The molecule has 0 aliphatic rings. The Balaban J connectivity index is 2.14. The second-order valence-corrected chi connectivity index (χ2v) is 5.69. The van der Waals surface area contributed by atoms with E-state index in [1.807, 2.05) is 20.0 Å². The minimum absolute atomic E-state index is 0.288. The van der Waals surface area contributed by atoms with Crippen molar-refractivity contribution >= 4 is 16.5 Å². The van der Waals surface area contributed by atoms with Crippen molar-refractivity contribution in [2.45, 2.75) is 33.4 Å². The average Bonchev–Trinajstić information content (AvgIpc) is 2.93. The molecule has 2 aromatic rings. The lowest BCUT2D eigenvalue weighted by atomic mass is 10.3. The molecule has 0 spiro atoms. The fraction of sp³-hybridized carbons (Fsp3) is 0.467. The Morgan fingerprint density at radius 1 is 1.35 bits per heavy atom. The molecule has 0 aliphatic carbocycles. The molecule has 0 radical (unpaired) electrons. The van der Waals surface area contributed by atoms with E-state index in [9.17, 15) is 0 Å². The average molecular weight is 290 g/mol. The topological polar surface area (TPSA) is 41.1 Å². The summed E-state index contributed by atoms with van der Waals surface area (Å²) in [6.45, 7) is 8.03. The van der Waals surface area contributed by atoms with Crippen LogP contribution < -0.4 is 10.2 Å². The van der Waals surface area contributed by atoms with Crippen molar-refractivity contribution < 1.29 is 0 Å². The zero-order valence-electron chi connectivity index (χ0n) is 12.6. The van der Waals surface area contributed by atoms with Crippen LogP contribution in [0.2, 0.25) is 0 Å². The smallest absolute Gasteiger partial charge is 0.185 e. The van der Waals surface area contributed by atoms with E-state index < -0.39 is 0 Å². The quantitative estimate of drug-likeness (QED) is 0.887. The molecule has 4 nitrogen and oxygen atoms in total. The maximum atomic E-state index is 4.72. The summed E-state index contributed by atoms with van der Waals surface area (Å²) >= 11 is 1.70. The van der Waals surface area contributed by atoms with Crippen LogP contribution in [0, 0.1) is 6.92 Å². The van der Waals surface area contributed by atoms with Gasteiger partial charge in [0.05, 0.1) is 17.9 Å². The van der Waals surface area contributed by atoms with Crippen molar-refractivity contribution in [3.63, 3.8) is 0 Å². The molecule has 20 heavy (non-hydrogen) atoms. The molecule has 5 heteroatoms. The summed E-state index contributed by atoms with van der Waals surface area (Å²) in [6.07, 6.45) is 0. The molecular formula is C15H22N4S. The number of thiazole rings is 1. The van der Waals surface area contributed by atoms with Gasteiger partial charge >= 0.3 is 0 Å². The Kier molecular flexibility index (Phi) is 5.09. The van der Waals surface area contributed by atoms with Crippen LogP contribution in [-0.4, -0.2) is 23.6 Å². The Labute approximate surface area is 124 Å². The highest BCUT2D eigenvalue weighted by Crippen LogP contribution is 2.25. The van der Waals surface area contributed by atoms with Gasteiger partial charge in [-0.25, -0.2) is 4.98 Å². The largest absolute Gasteiger partial charge is 0.342 e. The number of rotatable bonds is 6. The number of anilines is 1. The molecule has 0 fully saturated rings. The molecular weight excluding hydrogens is 268 g/mol. The monoisotopic (exact) mass is 290 g/mol. The summed E-state index contributed by atoms with van der Waals surface area (Å²) in [4.78, 5) is 11.6. The molecule has 1 N–H and O–H groups in total. The van der Waals surface area contributed by atoms with Crippen molar-refractivity contribution in [2.75, 3.05) is 18.5 Å². The third-order valence-electron chi connectivity index (χ3n) is 3.34. The predicted octanol–water partition coefficient (Wildman–Crippen LogP) is 3.15. The molecule has 0 saturated heterocycles. The van der Waals surface area contributed by atoms with Gasteiger partial charge in [-0.2, -0.15) is 0 Å². The van der Waals surface area contributed by atoms with E-state index in [1.54, 1.807) is 11.3 Å². The van der Waals surface area contributed by atoms with E-state index in [-0.39, 0.29) is 6.04 Å². The van der Waals surface area contributed by atoms with E-state index >= 15 is 0 Å². The van der Waals surface area contributed by atoms with Crippen LogP contribution >= 0.6 is 11.3 Å². The highest BCUT2D eigenvalue weighted by Gasteiger charge is 2.13. The Morgan fingerprint density at radius 2 is 2.15 bits per heavy atom. The van der Waals surface area contributed by atoms with Gasteiger partial charge in [0.15, 0.2) is 5.13 Å². The third kappa shape index (κ3) is 3.55. The van der Waals surface area contributed by atoms with E-state index in [4.69, 9.17) is 4.98 Å². The number of nitrogens with zero attached hydrogens (tertiary/aromatic N) is 3. The number of nitrogens with one attached hydrogen (secondary N) is 1. The highest BCUT2D eigenvalue weighted by atomic mass is 32.1. The first-order chi connectivity index (χ1) is 9.63. The van der Waals surface area contributed by atoms with Crippen molar-refractivity contribution in [2.24, 2.45) is 0 Å². The van der Waals surface area contributed by atoms with Crippen LogP contribution in [-0.2, 0) is 6.54 Å². The van der Waals surface area contributed by atoms with E-state index in [0.29, 0.717) is 0 Å². The van der Waals surface area contributed by atoms with Gasteiger partial charge < -0.3 is 10.2 Å². The van der Waals surface area contributed by atoms with Gasteiger partial charge in [0.25, 0.3) is 0 Å². The second kappa shape index (κ2) is 6.81. The molecule has 0 amide bonds. The molecule has 2 heterocycles. The van der Waals surface area contributed by atoms with Gasteiger partial charge in [-0.1, -0.05) is 6.07 Å². The summed E-state index contributed by atoms with van der Waals surface area (Å²) in [5.74, 6) is 0. The van der Waals surface area contributed by atoms with Crippen LogP contribution in [0.15, 0.2) is 23.6 Å². The van der Waals surface area contributed by atoms with Crippen molar-refractivity contribution in [1.29, 1.82) is 0 Å². The van der Waals surface area contributed by atoms with Gasteiger partial charge in [0.2, 0.25) is 0 Å². The Morgan fingerprint density at radius 3 is 2.80 bits per heavy atom.